The molecule has 0 spiro atoms. The van der Waals surface area contributed by atoms with E-state index in [-0.39, 0.29) is 0 Å². The highest BCUT2D eigenvalue weighted by atomic mass is 14.7. The predicted octanol–water partition coefficient (Wildman–Crippen LogP) is 2.41. The summed E-state index contributed by atoms with van der Waals surface area (Å²) in [7, 11) is 0. The lowest BCUT2D eigenvalue weighted by atomic mass is 9.74. The number of nitrogens with two attached hydrogens (primary N) is 1. The van der Waals surface area contributed by atoms with E-state index < -0.39 is 0 Å². The fraction of sp³-hybridized carbons (Fsp3) is 1.00. The minimum absolute atomic E-state index is 0.471. The number of hydrogen-bond acceptors (Lipinski definition) is 1. The zero-order valence-electron chi connectivity index (χ0n) is 8.01. The molecule has 3 atom stereocenters. The quantitative estimate of drug-likeness (QED) is 0.618. The van der Waals surface area contributed by atoms with E-state index in [0.717, 1.165) is 17.8 Å². The van der Waals surface area contributed by atoms with Gasteiger partial charge in [-0.05, 0) is 30.6 Å². The Balaban J connectivity index is 2.44. The molecule has 2 N–H and O–H groups in total. The molecule has 0 bridgehead atoms. The second kappa shape index (κ2) is 3.57. The molecule has 11 heavy (non-hydrogen) atoms. The Labute approximate surface area is 70.4 Å². The Bertz CT molecular complexity index is 120. The highest BCUT2D eigenvalue weighted by Gasteiger charge is 2.27. The average Bonchev–Trinajstić information content (AvgIpc) is 1.85. The van der Waals surface area contributed by atoms with Crippen LogP contribution in [0.3, 0.4) is 0 Å². The van der Waals surface area contributed by atoms with Crippen LogP contribution in [0, 0.1) is 17.8 Å². The van der Waals surface area contributed by atoms with Crippen molar-refractivity contribution in [3.63, 3.8) is 0 Å². The first-order valence-corrected chi connectivity index (χ1v) is 4.87. The smallest absolute Gasteiger partial charge is 0.00721 e. The van der Waals surface area contributed by atoms with E-state index in [9.17, 15) is 0 Å². The summed E-state index contributed by atoms with van der Waals surface area (Å²) in [6.45, 7) is 6.90. The summed E-state index contributed by atoms with van der Waals surface area (Å²) >= 11 is 0. The lowest BCUT2D eigenvalue weighted by molar-refractivity contribution is 0.199. The third kappa shape index (κ3) is 2.19. The first-order valence-electron chi connectivity index (χ1n) is 4.87. The van der Waals surface area contributed by atoms with Crippen molar-refractivity contribution in [3.05, 3.63) is 0 Å². The van der Waals surface area contributed by atoms with Crippen molar-refractivity contribution >= 4 is 0 Å². The minimum atomic E-state index is 0.471. The Morgan fingerprint density at radius 3 is 2.36 bits per heavy atom. The second-order valence-electron chi connectivity index (χ2n) is 4.49. The molecule has 1 fully saturated rings. The van der Waals surface area contributed by atoms with Crippen LogP contribution in [0.15, 0.2) is 0 Å². The summed E-state index contributed by atoms with van der Waals surface area (Å²) in [5, 5.41) is 0. The van der Waals surface area contributed by atoms with Crippen LogP contribution in [-0.2, 0) is 0 Å². The van der Waals surface area contributed by atoms with Gasteiger partial charge in [0.25, 0.3) is 0 Å². The Morgan fingerprint density at radius 2 is 1.91 bits per heavy atom. The van der Waals surface area contributed by atoms with Gasteiger partial charge in [0.1, 0.15) is 0 Å². The zero-order valence-corrected chi connectivity index (χ0v) is 8.01. The van der Waals surface area contributed by atoms with Crippen molar-refractivity contribution in [3.8, 4) is 0 Å². The topological polar surface area (TPSA) is 26.0 Å². The first-order chi connectivity index (χ1) is 5.11. The molecule has 1 nitrogen and oxygen atoms in total. The third-order valence-corrected chi connectivity index (χ3v) is 3.07. The van der Waals surface area contributed by atoms with E-state index in [1.807, 2.05) is 0 Å². The van der Waals surface area contributed by atoms with Crippen LogP contribution in [0.1, 0.15) is 40.0 Å². The molecule has 0 aromatic rings. The van der Waals surface area contributed by atoms with Crippen LogP contribution in [0.5, 0.6) is 0 Å². The largest absolute Gasteiger partial charge is 0.327 e. The lowest BCUT2D eigenvalue weighted by Crippen LogP contribution is -2.38. The van der Waals surface area contributed by atoms with Crippen molar-refractivity contribution in [1.29, 1.82) is 0 Å². The van der Waals surface area contributed by atoms with Gasteiger partial charge in [0, 0.05) is 6.04 Å². The van der Waals surface area contributed by atoms with Crippen molar-refractivity contribution in [2.75, 3.05) is 0 Å². The fourth-order valence-corrected chi connectivity index (χ4v) is 2.28. The summed E-state index contributed by atoms with van der Waals surface area (Å²) in [6, 6.07) is 0.471. The minimum Gasteiger partial charge on any atom is -0.327 e. The molecule has 1 heteroatoms. The van der Waals surface area contributed by atoms with E-state index in [0.29, 0.717) is 6.04 Å². The summed E-state index contributed by atoms with van der Waals surface area (Å²) in [4.78, 5) is 0. The Kier molecular flexibility index (Phi) is 2.94. The molecule has 0 amide bonds. The molecular formula is C10H21N. The number of hydrogen-bond donors (Lipinski definition) is 1. The van der Waals surface area contributed by atoms with Crippen LogP contribution >= 0.6 is 0 Å². The van der Waals surface area contributed by atoms with Crippen LogP contribution in [0.2, 0.25) is 0 Å². The van der Waals surface area contributed by atoms with Crippen molar-refractivity contribution < 1.29 is 0 Å². The monoisotopic (exact) mass is 155 g/mol. The molecule has 1 saturated carbocycles. The maximum Gasteiger partial charge on any atom is 0.00721 e. The first kappa shape index (κ1) is 9.05. The van der Waals surface area contributed by atoms with Crippen molar-refractivity contribution in [1.82, 2.24) is 0 Å². The molecule has 1 unspecified atom stereocenters. The highest BCUT2D eigenvalue weighted by Crippen LogP contribution is 2.31. The van der Waals surface area contributed by atoms with Gasteiger partial charge in [-0.1, -0.05) is 27.2 Å². The van der Waals surface area contributed by atoms with Crippen LogP contribution in [0.4, 0.5) is 0 Å². The fourth-order valence-electron chi connectivity index (χ4n) is 2.28. The SMILES string of the molecule is CC(C)[C@H]1CC[C@@H](C)CC1N. The van der Waals surface area contributed by atoms with E-state index >= 15 is 0 Å². The van der Waals surface area contributed by atoms with Gasteiger partial charge in [-0.15, -0.1) is 0 Å². The standard InChI is InChI=1S/C10H21N/c1-7(2)9-5-4-8(3)6-10(9)11/h7-10H,4-6,11H2,1-3H3/t8-,9-,10?/m1/s1. The van der Waals surface area contributed by atoms with E-state index in [1.165, 1.54) is 19.3 Å². The highest BCUT2D eigenvalue weighted by molar-refractivity contribution is 4.82. The normalized spacial score (nSPS) is 39.5. The summed E-state index contributed by atoms with van der Waals surface area (Å²) in [5.41, 5.74) is 6.07. The molecule has 0 saturated heterocycles. The van der Waals surface area contributed by atoms with Crippen LogP contribution in [0.25, 0.3) is 0 Å². The van der Waals surface area contributed by atoms with E-state index in [2.05, 4.69) is 20.8 Å². The third-order valence-electron chi connectivity index (χ3n) is 3.07. The molecule has 1 rings (SSSR count). The molecular weight excluding hydrogens is 134 g/mol. The molecule has 0 heterocycles. The van der Waals surface area contributed by atoms with Crippen LogP contribution in [-0.4, -0.2) is 6.04 Å². The molecule has 1 aliphatic rings. The molecule has 1 aliphatic carbocycles. The maximum atomic E-state index is 6.07. The van der Waals surface area contributed by atoms with Crippen molar-refractivity contribution in [2.45, 2.75) is 46.1 Å². The number of rotatable bonds is 1. The molecule has 0 aliphatic heterocycles. The summed E-state index contributed by atoms with van der Waals surface area (Å²) in [6.07, 6.45) is 3.97. The van der Waals surface area contributed by atoms with Gasteiger partial charge < -0.3 is 5.73 Å². The predicted molar refractivity (Wildman–Crippen MR) is 49.3 cm³/mol. The lowest BCUT2D eigenvalue weighted by Gasteiger charge is -2.34. The van der Waals surface area contributed by atoms with Gasteiger partial charge in [0.2, 0.25) is 0 Å². The van der Waals surface area contributed by atoms with Crippen LogP contribution < -0.4 is 5.73 Å². The summed E-state index contributed by atoms with van der Waals surface area (Å²) < 4.78 is 0. The maximum absolute atomic E-state index is 6.07. The second-order valence-corrected chi connectivity index (χ2v) is 4.49. The Morgan fingerprint density at radius 1 is 1.27 bits per heavy atom. The molecule has 0 aromatic carbocycles. The van der Waals surface area contributed by atoms with Gasteiger partial charge in [-0.3, -0.25) is 0 Å². The van der Waals surface area contributed by atoms with Gasteiger partial charge in [-0.25, -0.2) is 0 Å². The molecule has 0 radical (unpaired) electrons. The van der Waals surface area contributed by atoms with Gasteiger partial charge in [0.15, 0.2) is 0 Å². The summed E-state index contributed by atoms with van der Waals surface area (Å²) in [5.74, 6) is 2.42. The Hall–Kier alpha value is -0.0400. The van der Waals surface area contributed by atoms with Gasteiger partial charge >= 0.3 is 0 Å². The van der Waals surface area contributed by atoms with Gasteiger partial charge in [-0.2, -0.15) is 0 Å². The van der Waals surface area contributed by atoms with Gasteiger partial charge in [0.05, 0.1) is 0 Å². The zero-order chi connectivity index (χ0) is 8.43. The molecule has 66 valence electrons. The average molecular weight is 155 g/mol. The molecule has 0 aromatic heterocycles. The van der Waals surface area contributed by atoms with E-state index in [4.69, 9.17) is 5.73 Å². The van der Waals surface area contributed by atoms with Crippen molar-refractivity contribution in [2.24, 2.45) is 23.5 Å². The van der Waals surface area contributed by atoms with E-state index in [1.54, 1.807) is 0 Å².